The number of aliphatic carboxylic acids is 1. The molecule has 0 spiro atoms. The molecule has 0 aromatic carbocycles. The van der Waals surface area contributed by atoms with Gasteiger partial charge in [0.1, 0.15) is 0 Å². The Morgan fingerprint density at radius 3 is 2.58 bits per heavy atom. The fourth-order valence-corrected chi connectivity index (χ4v) is 3.06. The number of hydrogen-bond donors (Lipinski definition) is 2. The first kappa shape index (κ1) is 8.05. The van der Waals surface area contributed by atoms with E-state index >= 15 is 0 Å². The Balaban J connectivity index is 2.16. The second kappa shape index (κ2) is 2.73. The lowest BCUT2D eigenvalue weighted by Gasteiger charge is -2.27. The van der Waals surface area contributed by atoms with E-state index in [4.69, 9.17) is 5.11 Å². The predicted octanol–water partition coefficient (Wildman–Crippen LogP) is 0.705. The Kier molecular flexibility index (Phi) is 1.83. The summed E-state index contributed by atoms with van der Waals surface area (Å²) >= 11 is 0. The highest BCUT2D eigenvalue weighted by atomic mass is 16.4. The van der Waals surface area contributed by atoms with Crippen LogP contribution in [0.15, 0.2) is 0 Å². The molecular weight excluding hydrogens is 154 g/mol. The quantitative estimate of drug-likeness (QED) is 0.640. The topological polar surface area (TPSA) is 49.3 Å². The first-order valence-corrected chi connectivity index (χ1v) is 4.64. The SMILES string of the molecule is CN[C@H]1[C@H]2CC[C@H](C2)[C@H]1C(=O)O. The second-order valence-corrected chi connectivity index (χ2v) is 4.01. The number of carboxylic acids is 1. The molecule has 0 saturated heterocycles. The van der Waals surface area contributed by atoms with Gasteiger partial charge in [0, 0.05) is 6.04 Å². The fourth-order valence-electron chi connectivity index (χ4n) is 3.06. The summed E-state index contributed by atoms with van der Waals surface area (Å²) in [5, 5.41) is 12.1. The van der Waals surface area contributed by atoms with Crippen LogP contribution in [0.25, 0.3) is 0 Å². The molecule has 0 aromatic rings. The summed E-state index contributed by atoms with van der Waals surface area (Å²) in [6, 6.07) is 0.237. The van der Waals surface area contributed by atoms with Crippen molar-refractivity contribution in [1.82, 2.24) is 5.32 Å². The van der Waals surface area contributed by atoms with Crippen LogP contribution in [0.5, 0.6) is 0 Å². The number of rotatable bonds is 2. The van der Waals surface area contributed by atoms with Crippen molar-refractivity contribution in [3.63, 3.8) is 0 Å². The van der Waals surface area contributed by atoms with E-state index in [1.165, 1.54) is 6.42 Å². The molecule has 2 N–H and O–H groups in total. The Hall–Kier alpha value is -0.570. The maximum Gasteiger partial charge on any atom is 0.308 e. The summed E-state index contributed by atoms with van der Waals surface area (Å²) in [5.74, 6) is 0.348. The van der Waals surface area contributed by atoms with E-state index in [9.17, 15) is 4.79 Å². The standard InChI is InChI=1S/C9H15NO2/c1-10-8-6-3-2-5(4-6)7(8)9(11)12/h5-8,10H,2-4H2,1H3,(H,11,12)/t5-,6+,7-,8+/m1/s1. The van der Waals surface area contributed by atoms with Crippen LogP contribution in [0.1, 0.15) is 19.3 Å². The lowest BCUT2D eigenvalue weighted by molar-refractivity contribution is -0.144. The maximum absolute atomic E-state index is 10.9. The molecule has 0 unspecified atom stereocenters. The molecule has 12 heavy (non-hydrogen) atoms. The molecule has 3 heteroatoms. The van der Waals surface area contributed by atoms with Gasteiger partial charge in [0.05, 0.1) is 5.92 Å². The lowest BCUT2D eigenvalue weighted by Crippen LogP contribution is -2.42. The number of fused-ring (bicyclic) bond motifs is 2. The van der Waals surface area contributed by atoms with Crippen LogP contribution < -0.4 is 5.32 Å². The van der Waals surface area contributed by atoms with Crippen molar-refractivity contribution in [3.8, 4) is 0 Å². The van der Waals surface area contributed by atoms with Gasteiger partial charge in [0.25, 0.3) is 0 Å². The predicted molar refractivity (Wildman–Crippen MR) is 44.8 cm³/mol. The molecule has 2 fully saturated rings. The van der Waals surface area contributed by atoms with Gasteiger partial charge >= 0.3 is 5.97 Å². The summed E-state index contributed by atoms with van der Waals surface area (Å²) in [4.78, 5) is 10.9. The third-order valence-corrected chi connectivity index (χ3v) is 3.53. The molecule has 2 rings (SSSR count). The summed E-state index contributed by atoms with van der Waals surface area (Å²) in [5.41, 5.74) is 0. The van der Waals surface area contributed by atoms with Crippen molar-refractivity contribution in [2.75, 3.05) is 7.05 Å². The van der Waals surface area contributed by atoms with Crippen molar-refractivity contribution in [2.45, 2.75) is 25.3 Å². The summed E-state index contributed by atoms with van der Waals surface area (Å²) in [6.07, 6.45) is 3.47. The van der Waals surface area contributed by atoms with Crippen LogP contribution in [0.2, 0.25) is 0 Å². The van der Waals surface area contributed by atoms with Crippen molar-refractivity contribution < 1.29 is 9.90 Å². The zero-order chi connectivity index (χ0) is 8.72. The number of carbonyl (C=O) groups is 1. The van der Waals surface area contributed by atoms with Gasteiger partial charge in [0.15, 0.2) is 0 Å². The molecule has 68 valence electrons. The molecular formula is C9H15NO2. The highest BCUT2D eigenvalue weighted by Gasteiger charge is 2.50. The van der Waals surface area contributed by atoms with Crippen LogP contribution in [0, 0.1) is 17.8 Å². The minimum Gasteiger partial charge on any atom is -0.481 e. The van der Waals surface area contributed by atoms with Crippen LogP contribution >= 0.6 is 0 Å². The van der Waals surface area contributed by atoms with Crippen molar-refractivity contribution in [3.05, 3.63) is 0 Å². The number of hydrogen-bond acceptors (Lipinski definition) is 2. The van der Waals surface area contributed by atoms with E-state index in [1.807, 2.05) is 7.05 Å². The van der Waals surface area contributed by atoms with Crippen LogP contribution in [-0.2, 0) is 4.79 Å². The largest absolute Gasteiger partial charge is 0.481 e. The second-order valence-electron chi connectivity index (χ2n) is 4.01. The smallest absolute Gasteiger partial charge is 0.308 e. The van der Waals surface area contributed by atoms with Gasteiger partial charge in [-0.2, -0.15) is 0 Å². The molecule has 2 bridgehead atoms. The Labute approximate surface area is 72.2 Å². The average molecular weight is 169 g/mol. The Bertz CT molecular complexity index is 205. The van der Waals surface area contributed by atoms with Gasteiger partial charge in [-0.25, -0.2) is 0 Å². The van der Waals surface area contributed by atoms with Crippen molar-refractivity contribution in [1.29, 1.82) is 0 Å². The molecule has 0 amide bonds. The minimum absolute atomic E-state index is 0.117. The average Bonchev–Trinajstić information content (AvgIpc) is 2.60. The number of carboxylic acid groups (broad SMARTS) is 1. The molecule has 0 aliphatic heterocycles. The highest BCUT2D eigenvalue weighted by molar-refractivity contribution is 5.72. The van der Waals surface area contributed by atoms with Crippen LogP contribution in [0.3, 0.4) is 0 Å². The van der Waals surface area contributed by atoms with Gasteiger partial charge in [-0.3, -0.25) is 4.79 Å². The summed E-state index contributed by atoms with van der Waals surface area (Å²) in [7, 11) is 1.88. The molecule has 4 atom stereocenters. The third-order valence-electron chi connectivity index (χ3n) is 3.53. The van der Waals surface area contributed by atoms with Gasteiger partial charge < -0.3 is 10.4 Å². The molecule has 2 aliphatic carbocycles. The van der Waals surface area contributed by atoms with Crippen LogP contribution in [0.4, 0.5) is 0 Å². The van der Waals surface area contributed by atoms with E-state index in [1.54, 1.807) is 0 Å². The lowest BCUT2D eigenvalue weighted by atomic mass is 9.84. The first-order chi connectivity index (χ1) is 5.74. The van der Waals surface area contributed by atoms with E-state index in [-0.39, 0.29) is 12.0 Å². The van der Waals surface area contributed by atoms with Gasteiger partial charge in [-0.05, 0) is 38.1 Å². The van der Waals surface area contributed by atoms with Gasteiger partial charge in [-0.1, -0.05) is 0 Å². The normalized spacial score (nSPS) is 45.1. The molecule has 0 radical (unpaired) electrons. The maximum atomic E-state index is 10.9. The molecule has 2 saturated carbocycles. The van der Waals surface area contributed by atoms with E-state index in [0.717, 1.165) is 12.8 Å². The summed E-state index contributed by atoms with van der Waals surface area (Å²) < 4.78 is 0. The van der Waals surface area contributed by atoms with Gasteiger partial charge in [0.2, 0.25) is 0 Å². The van der Waals surface area contributed by atoms with E-state index in [0.29, 0.717) is 11.8 Å². The van der Waals surface area contributed by atoms with Gasteiger partial charge in [-0.15, -0.1) is 0 Å². The van der Waals surface area contributed by atoms with Crippen molar-refractivity contribution >= 4 is 5.97 Å². The highest BCUT2D eigenvalue weighted by Crippen LogP contribution is 2.48. The third kappa shape index (κ3) is 0.959. The Morgan fingerprint density at radius 1 is 1.42 bits per heavy atom. The summed E-state index contributed by atoms with van der Waals surface area (Å²) in [6.45, 7) is 0. The molecule has 0 aromatic heterocycles. The monoisotopic (exact) mass is 169 g/mol. The zero-order valence-electron chi connectivity index (χ0n) is 7.29. The Morgan fingerprint density at radius 2 is 2.08 bits per heavy atom. The van der Waals surface area contributed by atoms with E-state index in [2.05, 4.69) is 5.32 Å². The van der Waals surface area contributed by atoms with Crippen LogP contribution in [-0.4, -0.2) is 24.2 Å². The number of nitrogens with one attached hydrogen (secondary N) is 1. The minimum atomic E-state index is -0.610. The first-order valence-electron chi connectivity index (χ1n) is 4.64. The molecule has 3 nitrogen and oxygen atoms in total. The van der Waals surface area contributed by atoms with E-state index < -0.39 is 5.97 Å². The van der Waals surface area contributed by atoms with Crippen molar-refractivity contribution in [2.24, 2.45) is 17.8 Å². The molecule has 2 aliphatic rings. The zero-order valence-corrected chi connectivity index (χ0v) is 7.29. The fraction of sp³-hybridized carbons (Fsp3) is 0.889. The molecule has 0 heterocycles.